The van der Waals surface area contributed by atoms with Gasteiger partial charge in [0.1, 0.15) is 0 Å². The summed E-state index contributed by atoms with van der Waals surface area (Å²) in [6.45, 7) is 0. The van der Waals surface area contributed by atoms with E-state index in [1.54, 1.807) is 0 Å². The smallest absolute Gasteiger partial charge is 0.0383 e. The Morgan fingerprint density at radius 1 is 0.700 bits per heavy atom. The van der Waals surface area contributed by atoms with Gasteiger partial charge in [0.2, 0.25) is 0 Å². The van der Waals surface area contributed by atoms with Crippen LogP contribution < -0.4 is 0 Å². The van der Waals surface area contributed by atoms with E-state index < -0.39 is 0 Å². The quantitative estimate of drug-likeness (QED) is 0.558. The van der Waals surface area contributed by atoms with Crippen LogP contribution in [-0.4, -0.2) is 0 Å². The highest BCUT2D eigenvalue weighted by molar-refractivity contribution is 5.88. The molecule has 0 atom stereocenters. The van der Waals surface area contributed by atoms with Crippen LogP contribution in [0.3, 0.4) is 0 Å². The van der Waals surface area contributed by atoms with Crippen molar-refractivity contribution in [3.63, 3.8) is 0 Å². The number of fused-ring (bicyclic) bond motifs is 2. The summed E-state index contributed by atoms with van der Waals surface area (Å²) in [6, 6.07) is 23.9. The number of hydrogen-bond acceptors (Lipinski definition) is 0. The minimum Gasteiger partial charge on any atom is -0.0827 e. The third kappa shape index (κ3) is 1.85. The van der Waals surface area contributed by atoms with Gasteiger partial charge in [0, 0.05) is 5.92 Å². The molecule has 0 fully saturated rings. The highest BCUT2D eigenvalue weighted by atomic mass is 14.2. The van der Waals surface area contributed by atoms with Crippen molar-refractivity contribution in [2.24, 2.45) is 0 Å². The van der Waals surface area contributed by atoms with Gasteiger partial charge in [-0.3, -0.25) is 0 Å². The molecule has 0 saturated heterocycles. The van der Waals surface area contributed by atoms with Gasteiger partial charge in [-0.2, -0.15) is 0 Å². The van der Waals surface area contributed by atoms with E-state index in [0.717, 1.165) is 6.42 Å². The average molecular weight is 255 g/mol. The molecule has 0 aliphatic heterocycles. The first-order valence-corrected chi connectivity index (χ1v) is 7.03. The van der Waals surface area contributed by atoms with E-state index in [-0.39, 0.29) is 0 Å². The molecule has 20 heavy (non-hydrogen) atoms. The van der Waals surface area contributed by atoms with Crippen LogP contribution in [-0.2, 0) is 0 Å². The van der Waals surface area contributed by atoms with Gasteiger partial charge in [0.05, 0.1) is 0 Å². The van der Waals surface area contributed by atoms with E-state index in [1.165, 1.54) is 33.4 Å². The van der Waals surface area contributed by atoms with Crippen LogP contribution in [0.15, 0.2) is 72.8 Å². The fraction of sp³-hybridized carbons (Fsp3) is 0.0500. The van der Waals surface area contributed by atoms with Crippen LogP contribution >= 0.6 is 0 Å². The van der Waals surface area contributed by atoms with E-state index in [9.17, 15) is 0 Å². The molecule has 4 rings (SSSR count). The third-order valence-electron chi connectivity index (χ3n) is 3.98. The summed E-state index contributed by atoms with van der Waals surface area (Å²) < 4.78 is 0. The molecule has 0 N–H and O–H groups in total. The Morgan fingerprint density at radius 3 is 2.20 bits per heavy atom. The van der Waals surface area contributed by atoms with Crippen molar-refractivity contribution < 1.29 is 0 Å². The van der Waals surface area contributed by atoms with Crippen LogP contribution in [0, 0.1) is 5.92 Å². The summed E-state index contributed by atoms with van der Waals surface area (Å²) in [5.74, 6) is 1.42. The lowest BCUT2D eigenvalue weighted by Gasteiger charge is -2.22. The van der Waals surface area contributed by atoms with Crippen molar-refractivity contribution >= 4 is 16.8 Å². The zero-order valence-electron chi connectivity index (χ0n) is 11.2. The molecule has 1 aliphatic carbocycles. The van der Waals surface area contributed by atoms with Crippen LogP contribution in [0.4, 0.5) is 0 Å². The Morgan fingerprint density at radius 2 is 1.40 bits per heavy atom. The Kier molecular flexibility index (Phi) is 2.67. The minimum atomic E-state index is 1.01. The Hall–Kier alpha value is -2.34. The molecule has 0 spiro atoms. The number of allylic oxidation sites excluding steroid dienone is 1. The van der Waals surface area contributed by atoms with Gasteiger partial charge in [0.15, 0.2) is 0 Å². The third-order valence-corrected chi connectivity index (χ3v) is 3.98. The molecule has 0 heteroatoms. The van der Waals surface area contributed by atoms with Gasteiger partial charge in [-0.1, -0.05) is 66.7 Å². The first kappa shape index (κ1) is 11.5. The summed E-state index contributed by atoms with van der Waals surface area (Å²) in [5.41, 5.74) is 4.03. The monoisotopic (exact) mass is 255 g/mol. The molecule has 0 bridgehead atoms. The lowest BCUT2D eigenvalue weighted by molar-refractivity contribution is 1.06. The summed E-state index contributed by atoms with van der Waals surface area (Å²) in [5, 5.41) is 2.63. The van der Waals surface area contributed by atoms with E-state index in [1.807, 2.05) is 0 Å². The molecule has 0 unspecified atom stereocenters. The molecule has 0 nitrogen and oxygen atoms in total. The predicted octanol–water partition coefficient (Wildman–Crippen LogP) is 5.23. The van der Waals surface area contributed by atoms with E-state index in [4.69, 9.17) is 0 Å². The summed E-state index contributed by atoms with van der Waals surface area (Å²) in [6.07, 6.45) is 5.52. The van der Waals surface area contributed by atoms with Gasteiger partial charge in [0.25, 0.3) is 0 Å². The van der Waals surface area contributed by atoms with Gasteiger partial charge in [-0.25, -0.2) is 0 Å². The van der Waals surface area contributed by atoms with Crippen LogP contribution in [0.5, 0.6) is 0 Å². The fourth-order valence-corrected chi connectivity index (χ4v) is 2.98. The second kappa shape index (κ2) is 4.64. The first-order valence-electron chi connectivity index (χ1n) is 7.03. The van der Waals surface area contributed by atoms with Crippen LogP contribution in [0.25, 0.3) is 16.8 Å². The van der Waals surface area contributed by atoms with Crippen LogP contribution in [0.1, 0.15) is 23.1 Å². The normalized spacial score (nSPS) is 14.4. The highest BCUT2D eigenvalue weighted by Crippen LogP contribution is 2.36. The average Bonchev–Trinajstić information content (AvgIpc) is 2.53. The van der Waals surface area contributed by atoms with E-state index in [2.05, 4.69) is 78.9 Å². The minimum absolute atomic E-state index is 1.01. The molecule has 1 aliphatic rings. The van der Waals surface area contributed by atoms with Gasteiger partial charge >= 0.3 is 0 Å². The number of benzene rings is 3. The summed E-state index contributed by atoms with van der Waals surface area (Å²) in [4.78, 5) is 0. The Balaban J connectivity index is 1.92. The standard InChI is InChI=1S/C20H15/c1-2-7-15(8-3-1)19-12-6-11-18-13-16-9-4-5-10-17(16)14-20(18)19/h1-11,13-14H,12H2. The number of hydrogen-bond donors (Lipinski definition) is 0. The first-order chi connectivity index (χ1) is 9.92. The molecule has 3 aromatic carbocycles. The highest BCUT2D eigenvalue weighted by Gasteiger charge is 2.19. The molecule has 95 valence electrons. The second-order valence-electron chi connectivity index (χ2n) is 5.24. The maximum absolute atomic E-state index is 2.33. The lowest BCUT2D eigenvalue weighted by Crippen LogP contribution is -2.06. The topological polar surface area (TPSA) is 0 Å². The summed E-state index contributed by atoms with van der Waals surface area (Å²) >= 11 is 0. The largest absolute Gasteiger partial charge is 0.0827 e. The second-order valence-corrected chi connectivity index (χ2v) is 5.24. The van der Waals surface area contributed by atoms with Crippen molar-refractivity contribution in [1.29, 1.82) is 0 Å². The zero-order valence-corrected chi connectivity index (χ0v) is 11.2. The predicted molar refractivity (Wildman–Crippen MR) is 85.5 cm³/mol. The summed E-state index contributed by atoms with van der Waals surface area (Å²) in [7, 11) is 0. The Bertz CT molecular complexity index is 782. The van der Waals surface area contributed by atoms with Gasteiger partial charge in [-0.15, -0.1) is 0 Å². The van der Waals surface area contributed by atoms with Crippen molar-refractivity contribution in [2.75, 3.05) is 0 Å². The Labute approximate surface area is 119 Å². The zero-order chi connectivity index (χ0) is 13.4. The van der Waals surface area contributed by atoms with E-state index >= 15 is 0 Å². The van der Waals surface area contributed by atoms with Crippen molar-refractivity contribution in [3.8, 4) is 0 Å². The SMILES string of the molecule is C1=Cc2cc3ccccc3cc2[C](c2ccccc2)C1. The molecule has 3 aromatic rings. The van der Waals surface area contributed by atoms with Crippen molar-refractivity contribution in [2.45, 2.75) is 6.42 Å². The van der Waals surface area contributed by atoms with Crippen molar-refractivity contribution in [1.82, 2.24) is 0 Å². The number of rotatable bonds is 1. The van der Waals surface area contributed by atoms with Crippen LogP contribution in [0.2, 0.25) is 0 Å². The lowest BCUT2D eigenvalue weighted by atomic mass is 9.81. The van der Waals surface area contributed by atoms with E-state index in [0.29, 0.717) is 0 Å². The molecule has 1 radical (unpaired) electrons. The molecule has 0 amide bonds. The maximum Gasteiger partial charge on any atom is 0.0383 e. The fourth-order valence-electron chi connectivity index (χ4n) is 2.98. The van der Waals surface area contributed by atoms with Gasteiger partial charge < -0.3 is 0 Å². The molecule has 0 aromatic heterocycles. The molecular weight excluding hydrogens is 240 g/mol. The molecule has 0 saturated carbocycles. The maximum atomic E-state index is 2.33. The molecule has 0 heterocycles. The van der Waals surface area contributed by atoms with Gasteiger partial charge in [-0.05, 0) is 46.0 Å². The molecular formula is C20H15. The van der Waals surface area contributed by atoms with Crippen molar-refractivity contribution in [3.05, 3.63) is 95.4 Å².